The van der Waals surface area contributed by atoms with E-state index in [1.54, 1.807) is 18.2 Å². The van der Waals surface area contributed by atoms with Crippen molar-refractivity contribution in [1.29, 1.82) is 0 Å². The van der Waals surface area contributed by atoms with Crippen LogP contribution in [0.2, 0.25) is 0 Å². The Bertz CT molecular complexity index is 1050. The lowest BCUT2D eigenvalue weighted by Crippen LogP contribution is -2.46. The Morgan fingerprint density at radius 1 is 1.03 bits per heavy atom. The molecule has 0 aromatic heterocycles. The van der Waals surface area contributed by atoms with Crippen molar-refractivity contribution in [3.8, 4) is 0 Å². The maximum absolute atomic E-state index is 13.9. The minimum absolute atomic E-state index is 0.0282. The van der Waals surface area contributed by atoms with Gasteiger partial charge in [0.05, 0.1) is 25.0 Å². The lowest BCUT2D eigenvalue weighted by atomic mass is 9.96. The fraction of sp³-hybridized carbons (Fsp3) is 0.480. The van der Waals surface area contributed by atoms with E-state index in [0.717, 1.165) is 11.1 Å². The van der Waals surface area contributed by atoms with Gasteiger partial charge in [0.1, 0.15) is 5.82 Å². The summed E-state index contributed by atoms with van der Waals surface area (Å²) in [5, 5.41) is 3.05. The van der Waals surface area contributed by atoms with Crippen molar-refractivity contribution in [1.82, 2.24) is 14.5 Å². The number of halogens is 1. The summed E-state index contributed by atoms with van der Waals surface area (Å²) in [6.07, 6.45) is 0.976. The molecule has 0 bridgehead atoms. The Morgan fingerprint density at radius 2 is 1.74 bits per heavy atom. The number of benzene rings is 2. The minimum Gasteiger partial charge on any atom is -0.379 e. The van der Waals surface area contributed by atoms with Crippen molar-refractivity contribution in [2.24, 2.45) is 5.92 Å². The number of nitrogens with zero attached hydrogens (tertiary/aromatic N) is 2. The highest BCUT2D eigenvalue weighted by Gasteiger charge is 2.32. The summed E-state index contributed by atoms with van der Waals surface area (Å²) in [6, 6.07) is 15.5. The first-order chi connectivity index (χ1) is 16.4. The average molecular weight is 490 g/mol. The Balaban J connectivity index is 1.32. The van der Waals surface area contributed by atoms with Crippen molar-refractivity contribution in [2.75, 3.05) is 45.9 Å². The summed E-state index contributed by atoms with van der Waals surface area (Å²) in [7, 11) is -3.42. The van der Waals surface area contributed by atoms with E-state index in [1.807, 2.05) is 24.3 Å². The molecule has 1 unspecified atom stereocenters. The summed E-state index contributed by atoms with van der Waals surface area (Å²) in [4.78, 5) is 15.1. The number of ether oxygens (including phenoxy) is 1. The third-order valence-electron chi connectivity index (χ3n) is 6.60. The van der Waals surface area contributed by atoms with Crippen LogP contribution >= 0.6 is 0 Å². The van der Waals surface area contributed by atoms with Crippen LogP contribution in [0.15, 0.2) is 54.6 Å². The van der Waals surface area contributed by atoms with E-state index < -0.39 is 10.0 Å². The zero-order chi connectivity index (χ0) is 24.0. The van der Waals surface area contributed by atoms with Gasteiger partial charge >= 0.3 is 0 Å². The van der Waals surface area contributed by atoms with Crippen LogP contribution in [0.3, 0.4) is 0 Å². The molecule has 184 valence electrons. The number of rotatable bonds is 8. The molecule has 2 heterocycles. The smallest absolute Gasteiger partial charge is 0.223 e. The quantitative estimate of drug-likeness (QED) is 0.617. The predicted molar refractivity (Wildman–Crippen MR) is 128 cm³/mol. The van der Waals surface area contributed by atoms with Gasteiger partial charge in [-0.2, -0.15) is 0 Å². The number of morpholine rings is 1. The van der Waals surface area contributed by atoms with E-state index in [9.17, 15) is 17.6 Å². The molecule has 0 aliphatic carbocycles. The summed E-state index contributed by atoms with van der Waals surface area (Å²) in [5.41, 5.74) is 1.58. The lowest BCUT2D eigenvalue weighted by molar-refractivity contribution is -0.126. The normalized spacial score (nSPS) is 19.6. The van der Waals surface area contributed by atoms with E-state index in [2.05, 4.69) is 10.2 Å². The summed E-state index contributed by atoms with van der Waals surface area (Å²) in [5.74, 6) is -0.637. The molecule has 2 saturated heterocycles. The first kappa shape index (κ1) is 24.8. The molecule has 4 rings (SSSR count). The van der Waals surface area contributed by atoms with Gasteiger partial charge in [-0.3, -0.25) is 9.69 Å². The number of nitrogens with one attached hydrogen (secondary N) is 1. The number of hydrogen-bond donors (Lipinski definition) is 1. The Kier molecular flexibility index (Phi) is 8.31. The molecule has 0 radical (unpaired) electrons. The van der Waals surface area contributed by atoms with E-state index in [0.29, 0.717) is 58.8 Å². The fourth-order valence-corrected chi connectivity index (χ4v) is 6.24. The van der Waals surface area contributed by atoms with Gasteiger partial charge in [-0.15, -0.1) is 0 Å². The van der Waals surface area contributed by atoms with Crippen molar-refractivity contribution in [3.05, 3.63) is 71.5 Å². The van der Waals surface area contributed by atoms with Gasteiger partial charge in [0, 0.05) is 38.6 Å². The monoisotopic (exact) mass is 489 g/mol. The second-order valence-corrected chi connectivity index (χ2v) is 10.8. The van der Waals surface area contributed by atoms with Crippen LogP contribution in [0, 0.1) is 11.7 Å². The van der Waals surface area contributed by atoms with E-state index in [-0.39, 0.29) is 29.4 Å². The van der Waals surface area contributed by atoms with Crippen molar-refractivity contribution in [3.63, 3.8) is 0 Å². The summed E-state index contributed by atoms with van der Waals surface area (Å²) in [6.45, 7) is 3.69. The molecule has 2 aliphatic heterocycles. The molecular formula is C25H32FN3O4S. The minimum atomic E-state index is -3.42. The van der Waals surface area contributed by atoms with Crippen molar-refractivity contribution in [2.45, 2.75) is 24.6 Å². The Labute approximate surface area is 200 Å². The highest BCUT2D eigenvalue weighted by molar-refractivity contribution is 7.88. The molecule has 2 aliphatic rings. The van der Waals surface area contributed by atoms with E-state index >= 15 is 0 Å². The number of piperidine rings is 1. The molecule has 1 N–H and O–H groups in total. The van der Waals surface area contributed by atoms with Gasteiger partial charge < -0.3 is 10.1 Å². The number of hydrogen-bond acceptors (Lipinski definition) is 5. The standard InChI is InChI=1S/C25H32FN3O4S/c26-23-8-4-7-22(17-23)24(28-13-15-33-16-14-28)18-27-25(30)21-9-11-29(12-10-21)34(31,32)19-20-5-2-1-3-6-20/h1-8,17,21,24H,9-16,18-19H2,(H,27,30). The number of sulfonamides is 1. The summed E-state index contributed by atoms with van der Waals surface area (Å²) < 4.78 is 46.4. The molecule has 1 atom stereocenters. The molecular weight excluding hydrogens is 457 g/mol. The maximum atomic E-state index is 13.9. The van der Waals surface area contributed by atoms with Crippen LogP contribution < -0.4 is 5.32 Å². The SMILES string of the molecule is O=C(NCC(c1cccc(F)c1)N1CCOCC1)C1CCN(S(=O)(=O)Cc2ccccc2)CC1. The summed E-state index contributed by atoms with van der Waals surface area (Å²) >= 11 is 0. The molecule has 0 saturated carbocycles. The van der Waals surface area contributed by atoms with Crippen LogP contribution in [-0.2, 0) is 25.3 Å². The van der Waals surface area contributed by atoms with Crippen LogP contribution in [0.4, 0.5) is 4.39 Å². The third-order valence-corrected chi connectivity index (χ3v) is 8.45. The maximum Gasteiger partial charge on any atom is 0.223 e. The van der Waals surface area contributed by atoms with Gasteiger partial charge in [-0.1, -0.05) is 42.5 Å². The zero-order valence-corrected chi connectivity index (χ0v) is 20.1. The van der Waals surface area contributed by atoms with E-state index in [1.165, 1.54) is 16.4 Å². The highest BCUT2D eigenvalue weighted by atomic mass is 32.2. The number of amides is 1. The largest absolute Gasteiger partial charge is 0.379 e. The van der Waals surface area contributed by atoms with Gasteiger partial charge in [-0.25, -0.2) is 17.1 Å². The number of carbonyl (C=O) groups is 1. The van der Waals surface area contributed by atoms with Crippen LogP contribution in [0.1, 0.15) is 30.0 Å². The second-order valence-electron chi connectivity index (χ2n) is 8.88. The van der Waals surface area contributed by atoms with Crippen LogP contribution in [0.5, 0.6) is 0 Å². The van der Waals surface area contributed by atoms with Crippen LogP contribution in [-0.4, -0.2) is 69.5 Å². The van der Waals surface area contributed by atoms with Gasteiger partial charge in [0.25, 0.3) is 0 Å². The fourth-order valence-electron chi connectivity index (χ4n) is 4.67. The predicted octanol–water partition coefficient (Wildman–Crippen LogP) is 2.56. The Morgan fingerprint density at radius 3 is 2.41 bits per heavy atom. The second kappa shape index (κ2) is 11.4. The van der Waals surface area contributed by atoms with E-state index in [4.69, 9.17) is 4.74 Å². The molecule has 7 nitrogen and oxygen atoms in total. The topological polar surface area (TPSA) is 79.0 Å². The van der Waals surface area contributed by atoms with Gasteiger partial charge in [0.2, 0.25) is 15.9 Å². The highest BCUT2D eigenvalue weighted by Crippen LogP contribution is 2.24. The third kappa shape index (κ3) is 6.41. The van der Waals surface area contributed by atoms with Gasteiger partial charge in [0.15, 0.2) is 0 Å². The first-order valence-electron chi connectivity index (χ1n) is 11.8. The molecule has 2 aromatic rings. The Hall–Kier alpha value is -2.33. The van der Waals surface area contributed by atoms with Crippen molar-refractivity contribution < 1.29 is 22.3 Å². The number of carbonyl (C=O) groups excluding carboxylic acids is 1. The molecule has 9 heteroatoms. The first-order valence-corrected chi connectivity index (χ1v) is 13.4. The molecule has 2 aromatic carbocycles. The molecule has 0 spiro atoms. The zero-order valence-electron chi connectivity index (χ0n) is 19.2. The average Bonchev–Trinajstić information content (AvgIpc) is 2.85. The van der Waals surface area contributed by atoms with Crippen molar-refractivity contribution >= 4 is 15.9 Å². The molecule has 1 amide bonds. The van der Waals surface area contributed by atoms with Gasteiger partial charge in [-0.05, 0) is 36.1 Å². The lowest BCUT2D eigenvalue weighted by Gasteiger charge is -2.35. The molecule has 34 heavy (non-hydrogen) atoms. The molecule has 2 fully saturated rings. The van der Waals surface area contributed by atoms with Crippen LogP contribution in [0.25, 0.3) is 0 Å².